The van der Waals surface area contributed by atoms with Crippen molar-refractivity contribution in [3.05, 3.63) is 32.6 Å². The van der Waals surface area contributed by atoms with Crippen LogP contribution in [-0.2, 0) is 14.3 Å². The fraction of sp³-hybridized carbons (Fsp3) is 0.714. The van der Waals surface area contributed by atoms with Crippen molar-refractivity contribution in [1.82, 2.24) is 14.6 Å². The summed E-state index contributed by atoms with van der Waals surface area (Å²) in [6.07, 6.45) is 1.75. The van der Waals surface area contributed by atoms with Crippen LogP contribution in [-0.4, -0.2) is 46.2 Å². The topological polar surface area (TPSA) is 85.8 Å². The minimum atomic E-state index is -0.559. The Morgan fingerprint density at radius 3 is 2.86 bits per heavy atom. The van der Waals surface area contributed by atoms with Crippen LogP contribution in [0, 0.1) is 6.92 Å². The SMILES string of the molecule is Cc1cn([C@H]2CCN(C[C@@H]3COC(C)(C)O3)O2)c(=O)[nH]c1=O. The van der Waals surface area contributed by atoms with Gasteiger partial charge in [0.15, 0.2) is 12.0 Å². The lowest BCUT2D eigenvalue weighted by molar-refractivity contribution is -0.193. The summed E-state index contributed by atoms with van der Waals surface area (Å²) < 4.78 is 12.7. The molecule has 1 N–H and O–H groups in total. The highest BCUT2D eigenvalue weighted by atomic mass is 16.8. The standard InChI is InChI=1S/C14H21N3O5/c1-9-6-17(13(19)15-12(9)18)11-4-5-16(22-11)7-10-8-20-14(2,3)21-10/h6,10-11H,4-5,7-8H2,1-3H3,(H,15,18,19)/t10-,11-/m1/s1. The molecule has 3 rings (SSSR count). The number of H-pyrrole nitrogens is 1. The molecule has 2 aliphatic heterocycles. The lowest BCUT2D eigenvalue weighted by atomic mass is 10.3. The number of aromatic nitrogens is 2. The number of nitrogens with zero attached hydrogens (tertiary/aromatic N) is 2. The molecular formula is C14H21N3O5. The molecular weight excluding hydrogens is 290 g/mol. The molecule has 0 radical (unpaired) electrons. The maximum atomic E-state index is 11.9. The van der Waals surface area contributed by atoms with E-state index in [1.54, 1.807) is 12.0 Å². The molecule has 8 nitrogen and oxygen atoms in total. The normalized spacial score (nSPS) is 28.3. The van der Waals surface area contributed by atoms with Crippen molar-refractivity contribution >= 4 is 0 Å². The second kappa shape index (κ2) is 5.62. The van der Waals surface area contributed by atoms with Crippen molar-refractivity contribution in [2.75, 3.05) is 19.7 Å². The smallest absolute Gasteiger partial charge is 0.330 e. The summed E-state index contributed by atoms with van der Waals surface area (Å²) in [5, 5.41) is 1.78. The number of nitrogens with one attached hydrogen (secondary N) is 1. The molecule has 122 valence electrons. The van der Waals surface area contributed by atoms with Crippen molar-refractivity contribution in [1.29, 1.82) is 0 Å². The molecule has 2 saturated heterocycles. The number of hydrogen-bond acceptors (Lipinski definition) is 6. The molecule has 0 unspecified atom stereocenters. The van der Waals surface area contributed by atoms with E-state index in [0.29, 0.717) is 31.7 Å². The number of aryl methyl sites for hydroxylation is 1. The lowest BCUT2D eigenvalue weighted by Crippen LogP contribution is -2.35. The van der Waals surface area contributed by atoms with E-state index in [1.807, 2.05) is 13.8 Å². The van der Waals surface area contributed by atoms with Crippen LogP contribution in [0.5, 0.6) is 0 Å². The molecule has 1 aromatic heterocycles. The zero-order valence-corrected chi connectivity index (χ0v) is 13.0. The van der Waals surface area contributed by atoms with Crippen LogP contribution in [0.1, 0.15) is 32.1 Å². The van der Waals surface area contributed by atoms with Crippen molar-refractivity contribution < 1.29 is 14.3 Å². The summed E-state index contributed by atoms with van der Waals surface area (Å²) in [4.78, 5) is 31.4. The van der Waals surface area contributed by atoms with Gasteiger partial charge in [-0.05, 0) is 20.8 Å². The van der Waals surface area contributed by atoms with Crippen molar-refractivity contribution in [3.63, 3.8) is 0 Å². The van der Waals surface area contributed by atoms with Gasteiger partial charge in [-0.3, -0.25) is 19.2 Å². The van der Waals surface area contributed by atoms with E-state index >= 15 is 0 Å². The number of ether oxygens (including phenoxy) is 2. The molecule has 0 amide bonds. The summed E-state index contributed by atoms with van der Waals surface area (Å²) >= 11 is 0. The molecule has 1 aromatic rings. The van der Waals surface area contributed by atoms with Gasteiger partial charge in [0.05, 0.1) is 19.3 Å². The first kappa shape index (κ1) is 15.4. The molecule has 22 heavy (non-hydrogen) atoms. The van der Waals surface area contributed by atoms with Crippen LogP contribution >= 0.6 is 0 Å². The van der Waals surface area contributed by atoms with Gasteiger partial charge in [-0.1, -0.05) is 0 Å². The average molecular weight is 311 g/mol. The Labute approximate surface area is 127 Å². The van der Waals surface area contributed by atoms with Gasteiger partial charge in [0.25, 0.3) is 5.56 Å². The second-order valence-corrected chi connectivity index (χ2v) is 6.17. The largest absolute Gasteiger partial charge is 0.348 e. The van der Waals surface area contributed by atoms with Gasteiger partial charge in [0, 0.05) is 24.7 Å². The summed E-state index contributed by atoms with van der Waals surface area (Å²) in [5.41, 5.74) is -0.338. The molecule has 0 bridgehead atoms. The van der Waals surface area contributed by atoms with Gasteiger partial charge in [0.1, 0.15) is 0 Å². The summed E-state index contributed by atoms with van der Waals surface area (Å²) in [7, 11) is 0. The molecule has 0 aliphatic carbocycles. The molecule has 3 heterocycles. The van der Waals surface area contributed by atoms with Crippen molar-refractivity contribution in [2.24, 2.45) is 0 Å². The van der Waals surface area contributed by atoms with Crippen LogP contribution in [0.3, 0.4) is 0 Å². The Hall–Kier alpha value is -1.48. The highest BCUT2D eigenvalue weighted by Gasteiger charge is 2.36. The Morgan fingerprint density at radius 1 is 1.41 bits per heavy atom. The maximum Gasteiger partial charge on any atom is 0.330 e. The summed E-state index contributed by atoms with van der Waals surface area (Å²) in [6, 6.07) is 0. The molecule has 2 atom stereocenters. The maximum absolute atomic E-state index is 11.9. The first-order chi connectivity index (χ1) is 10.3. The fourth-order valence-corrected chi connectivity index (χ4v) is 2.74. The zero-order chi connectivity index (χ0) is 15.9. The van der Waals surface area contributed by atoms with Gasteiger partial charge in [-0.25, -0.2) is 4.79 Å². The van der Waals surface area contributed by atoms with Gasteiger partial charge in [-0.2, -0.15) is 5.06 Å². The Balaban J connectivity index is 1.64. The quantitative estimate of drug-likeness (QED) is 0.854. The average Bonchev–Trinajstić information content (AvgIpc) is 3.01. The monoisotopic (exact) mass is 311 g/mol. The molecule has 0 aromatic carbocycles. The van der Waals surface area contributed by atoms with E-state index in [0.717, 1.165) is 0 Å². The first-order valence-electron chi connectivity index (χ1n) is 7.40. The number of aromatic amines is 1. The fourth-order valence-electron chi connectivity index (χ4n) is 2.74. The first-order valence-corrected chi connectivity index (χ1v) is 7.40. The van der Waals surface area contributed by atoms with E-state index in [1.165, 1.54) is 10.8 Å². The summed E-state index contributed by atoms with van der Waals surface area (Å²) in [6.45, 7) is 7.21. The predicted octanol–water partition coefficient (Wildman–Crippen LogP) is 0.132. The third-order valence-corrected chi connectivity index (χ3v) is 3.83. The second-order valence-electron chi connectivity index (χ2n) is 6.17. The molecule has 2 aliphatic rings. The number of rotatable bonds is 3. The lowest BCUT2D eigenvalue weighted by Gasteiger charge is -2.21. The van der Waals surface area contributed by atoms with E-state index in [9.17, 15) is 9.59 Å². The Kier molecular flexibility index (Phi) is 3.94. The van der Waals surface area contributed by atoms with Crippen LogP contribution in [0.25, 0.3) is 0 Å². The minimum Gasteiger partial charge on any atom is -0.348 e. The van der Waals surface area contributed by atoms with Crippen LogP contribution < -0.4 is 11.2 Å². The molecule has 0 spiro atoms. The Morgan fingerprint density at radius 2 is 2.18 bits per heavy atom. The van der Waals surface area contributed by atoms with Gasteiger partial charge in [0.2, 0.25) is 0 Å². The van der Waals surface area contributed by atoms with Crippen LogP contribution in [0.4, 0.5) is 0 Å². The molecule has 2 fully saturated rings. The highest BCUT2D eigenvalue weighted by Crippen LogP contribution is 2.26. The van der Waals surface area contributed by atoms with Crippen LogP contribution in [0.15, 0.2) is 15.8 Å². The van der Waals surface area contributed by atoms with Crippen LogP contribution in [0.2, 0.25) is 0 Å². The van der Waals surface area contributed by atoms with E-state index in [-0.39, 0.29) is 11.7 Å². The van der Waals surface area contributed by atoms with Crippen molar-refractivity contribution in [2.45, 2.75) is 45.3 Å². The van der Waals surface area contributed by atoms with Gasteiger partial charge < -0.3 is 9.47 Å². The van der Waals surface area contributed by atoms with E-state index in [2.05, 4.69) is 4.98 Å². The van der Waals surface area contributed by atoms with Gasteiger partial charge in [-0.15, -0.1) is 0 Å². The van der Waals surface area contributed by atoms with Crippen molar-refractivity contribution in [3.8, 4) is 0 Å². The molecule has 8 heteroatoms. The third-order valence-electron chi connectivity index (χ3n) is 3.83. The minimum absolute atomic E-state index is 0.0530. The van der Waals surface area contributed by atoms with E-state index < -0.39 is 17.7 Å². The predicted molar refractivity (Wildman–Crippen MR) is 77.3 cm³/mol. The van der Waals surface area contributed by atoms with E-state index in [4.69, 9.17) is 14.3 Å². The highest BCUT2D eigenvalue weighted by molar-refractivity contribution is 5.01. The molecule has 0 saturated carbocycles. The number of hydrogen-bond donors (Lipinski definition) is 1. The summed E-state index contributed by atoms with van der Waals surface area (Å²) in [5.74, 6) is -0.559. The Bertz CT molecular complexity index is 665. The van der Waals surface area contributed by atoms with Gasteiger partial charge >= 0.3 is 5.69 Å². The third kappa shape index (κ3) is 3.14. The zero-order valence-electron chi connectivity index (χ0n) is 13.0. The number of hydroxylamine groups is 2.